The molecule has 0 aromatic heterocycles. The first kappa shape index (κ1) is 14.4. The van der Waals surface area contributed by atoms with Crippen LogP contribution in [-0.2, 0) is 0 Å². The Morgan fingerprint density at radius 2 is 1.95 bits per heavy atom. The first-order valence-electron chi connectivity index (χ1n) is 7.13. The second kappa shape index (κ2) is 6.04. The Labute approximate surface area is 132 Å². The minimum Gasteiger partial charge on any atom is -0.349 e. The van der Waals surface area contributed by atoms with Crippen molar-refractivity contribution in [3.8, 4) is 0 Å². The molecule has 1 aliphatic carbocycles. The van der Waals surface area contributed by atoms with E-state index in [0.717, 1.165) is 36.4 Å². The van der Waals surface area contributed by atoms with E-state index in [1.54, 1.807) is 12.1 Å². The van der Waals surface area contributed by atoms with Crippen LogP contribution in [0.1, 0.15) is 36.0 Å². The zero-order valence-corrected chi connectivity index (χ0v) is 13.6. The molecule has 1 heterocycles. The summed E-state index contributed by atoms with van der Waals surface area (Å²) in [6.45, 7) is 2.20. The second-order valence-corrected chi connectivity index (χ2v) is 6.96. The van der Waals surface area contributed by atoms with E-state index >= 15 is 0 Å². The van der Waals surface area contributed by atoms with Gasteiger partial charge in [0.1, 0.15) is 0 Å². The number of carbonyl (C=O) groups is 1. The van der Waals surface area contributed by atoms with E-state index in [1.165, 1.54) is 12.8 Å². The molecule has 2 aliphatic rings. The van der Waals surface area contributed by atoms with Crippen molar-refractivity contribution in [2.45, 2.75) is 37.8 Å². The van der Waals surface area contributed by atoms with Crippen LogP contribution >= 0.6 is 27.5 Å². The summed E-state index contributed by atoms with van der Waals surface area (Å²) in [5.41, 5.74) is 0.555. The van der Waals surface area contributed by atoms with Crippen LogP contribution in [0.5, 0.6) is 0 Å². The highest BCUT2D eigenvalue weighted by Crippen LogP contribution is 2.29. The summed E-state index contributed by atoms with van der Waals surface area (Å²) in [5.74, 6) is -0.0626. The number of nitrogens with zero attached hydrogens (tertiary/aromatic N) is 1. The summed E-state index contributed by atoms with van der Waals surface area (Å²) in [7, 11) is 0. The first-order valence-corrected chi connectivity index (χ1v) is 8.30. The topological polar surface area (TPSA) is 32.3 Å². The predicted molar refractivity (Wildman–Crippen MR) is 84.2 cm³/mol. The Kier molecular flexibility index (Phi) is 4.34. The number of halogens is 2. The van der Waals surface area contributed by atoms with Gasteiger partial charge in [0.25, 0.3) is 5.91 Å². The molecule has 5 heteroatoms. The van der Waals surface area contributed by atoms with Gasteiger partial charge in [0.15, 0.2) is 0 Å². The fraction of sp³-hybridized carbons (Fsp3) is 0.533. The number of carbonyl (C=O) groups excluding carboxylic acids is 1. The van der Waals surface area contributed by atoms with Gasteiger partial charge < -0.3 is 10.2 Å². The van der Waals surface area contributed by atoms with Crippen LogP contribution in [0, 0.1) is 0 Å². The van der Waals surface area contributed by atoms with Crippen molar-refractivity contribution in [2.75, 3.05) is 13.1 Å². The molecule has 0 radical (unpaired) electrons. The molecule has 2 fully saturated rings. The van der Waals surface area contributed by atoms with Crippen molar-refractivity contribution >= 4 is 33.4 Å². The third-order valence-corrected chi connectivity index (χ3v) is 4.91. The lowest BCUT2D eigenvalue weighted by Gasteiger charge is -2.32. The number of amides is 1. The van der Waals surface area contributed by atoms with Crippen LogP contribution in [0.15, 0.2) is 22.7 Å². The zero-order chi connectivity index (χ0) is 14.1. The average molecular weight is 358 g/mol. The molecule has 1 saturated heterocycles. The Morgan fingerprint density at radius 3 is 2.55 bits per heavy atom. The van der Waals surface area contributed by atoms with Gasteiger partial charge in [-0.25, -0.2) is 0 Å². The molecule has 3 rings (SSSR count). The highest BCUT2D eigenvalue weighted by molar-refractivity contribution is 9.10. The Morgan fingerprint density at radius 1 is 1.25 bits per heavy atom. The molecule has 0 bridgehead atoms. The van der Waals surface area contributed by atoms with Crippen molar-refractivity contribution in [1.82, 2.24) is 10.2 Å². The zero-order valence-electron chi connectivity index (χ0n) is 11.2. The molecule has 0 unspecified atom stereocenters. The summed E-state index contributed by atoms with van der Waals surface area (Å²) in [6.07, 6.45) is 4.78. The van der Waals surface area contributed by atoms with Gasteiger partial charge in [-0.3, -0.25) is 4.79 Å². The first-order chi connectivity index (χ1) is 9.63. The van der Waals surface area contributed by atoms with E-state index in [4.69, 9.17) is 11.6 Å². The largest absolute Gasteiger partial charge is 0.349 e. The van der Waals surface area contributed by atoms with E-state index in [-0.39, 0.29) is 11.9 Å². The Balaban J connectivity index is 1.56. The van der Waals surface area contributed by atoms with Gasteiger partial charge in [0.05, 0.1) is 10.6 Å². The molecule has 108 valence electrons. The van der Waals surface area contributed by atoms with Crippen molar-refractivity contribution in [3.05, 3.63) is 33.3 Å². The van der Waals surface area contributed by atoms with Crippen LogP contribution in [-0.4, -0.2) is 36.0 Å². The van der Waals surface area contributed by atoms with Gasteiger partial charge in [0, 0.05) is 29.6 Å². The van der Waals surface area contributed by atoms with Gasteiger partial charge in [-0.15, -0.1) is 0 Å². The third-order valence-electron chi connectivity index (χ3n) is 4.10. The second-order valence-electron chi connectivity index (χ2n) is 5.64. The number of benzene rings is 1. The minimum atomic E-state index is -0.0626. The number of hydrogen-bond acceptors (Lipinski definition) is 2. The van der Waals surface area contributed by atoms with Crippen molar-refractivity contribution < 1.29 is 4.79 Å². The summed E-state index contributed by atoms with van der Waals surface area (Å²) >= 11 is 9.46. The van der Waals surface area contributed by atoms with Gasteiger partial charge in [-0.05, 0) is 43.9 Å². The van der Waals surface area contributed by atoms with Crippen LogP contribution in [0.25, 0.3) is 0 Å². The molecular formula is C15H18BrClN2O. The van der Waals surface area contributed by atoms with Crippen LogP contribution < -0.4 is 5.32 Å². The maximum absolute atomic E-state index is 12.2. The SMILES string of the molecule is O=C(NC1CCN(C2CC2)CC1)c1ccc(Br)cc1Cl. The third kappa shape index (κ3) is 3.35. The van der Waals surface area contributed by atoms with Crippen molar-refractivity contribution in [3.63, 3.8) is 0 Å². The standard InChI is InChI=1S/C15H18BrClN2O/c16-10-1-4-13(14(17)9-10)15(20)18-11-5-7-19(8-6-11)12-2-3-12/h1,4,9,11-12H,2-3,5-8H2,(H,18,20). The quantitative estimate of drug-likeness (QED) is 0.898. The molecule has 1 amide bonds. The average Bonchev–Trinajstić information content (AvgIpc) is 3.23. The van der Waals surface area contributed by atoms with E-state index < -0.39 is 0 Å². The summed E-state index contributed by atoms with van der Waals surface area (Å²) < 4.78 is 0.886. The summed E-state index contributed by atoms with van der Waals surface area (Å²) in [6, 6.07) is 6.47. The molecule has 0 spiro atoms. The monoisotopic (exact) mass is 356 g/mol. The summed E-state index contributed by atoms with van der Waals surface area (Å²) in [5, 5.41) is 3.60. The van der Waals surface area contributed by atoms with Crippen molar-refractivity contribution in [1.29, 1.82) is 0 Å². The number of piperidine rings is 1. The molecule has 1 aromatic rings. The molecule has 20 heavy (non-hydrogen) atoms. The normalized spacial score (nSPS) is 20.9. The predicted octanol–water partition coefficient (Wildman–Crippen LogP) is 3.46. The van der Waals surface area contributed by atoms with Gasteiger partial charge >= 0.3 is 0 Å². The molecule has 1 N–H and O–H groups in total. The number of likely N-dealkylation sites (tertiary alicyclic amines) is 1. The molecule has 3 nitrogen and oxygen atoms in total. The lowest BCUT2D eigenvalue weighted by atomic mass is 10.0. The molecule has 0 atom stereocenters. The Bertz CT molecular complexity index is 511. The maximum atomic E-state index is 12.2. The number of hydrogen-bond donors (Lipinski definition) is 1. The maximum Gasteiger partial charge on any atom is 0.253 e. The van der Waals surface area contributed by atoms with Crippen molar-refractivity contribution in [2.24, 2.45) is 0 Å². The fourth-order valence-electron chi connectivity index (χ4n) is 2.79. The van der Waals surface area contributed by atoms with E-state index in [0.29, 0.717) is 10.6 Å². The minimum absolute atomic E-state index is 0.0626. The Hall–Kier alpha value is -0.580. The van der Waals surface area contributed by atoms with Gasteiger partial charge in [0.2, 0.25) is 0 Å². The molecular weight excluding hydrogens is 340 g/mol. The fourth-order valence-corrected chi connectivity index (χ4v) is 3.54. The number of nitrogens with one attached hydrogen (secondary N) is 1. The molecule has 1 aliphatic heterocycles. The smallest absolute Gasteiger partial charge is 0.253 e. The van der Waals surface area contributed by atoms with E-state index in [1.807, 2.05) is 6.07 Å². The lowest BCUT2D eigenvalue weighted by molar-refractivity contribution is 0.0909. The van der Waals surface area contributed by atoms with E-state index in [2.05, 4.69) is 26.1 Å². The highest BCUT2D eigenvalue weighted by Gasteiger charge is 2.32. The lowest BCUT2D eigenvalue weighted by Crippen LogP contribution is -2.45. The summed E-state index contributed by atoms with van der Waals surface area (Å²) in [4.78, 5) is 14.8. The van der Waals surface area contributed by atoms with Crippen LogP contribution in [0.4, 0.5) is 0 Å². The molecule has 1 aromatic carbocycles. The van der Waals surface area contributed by atoms with Gasteiger partial charge in [-0.2, -0.15) is 0 Å². The van der Waals surface area contributed by atoms with Crippen LogP contribution in [0.3, 0.4) is 0 Å². The van der Waals surface area contributed by atoms with Crippen LogP contribution in [0.2, 0.25) is 5.02 Å². The van der Waals surface area contributed by atoms with Gasteiger partial charge in [-0.1, -0.05) is 27.5 Å². The number of rotatable bonds is 3. The highest BCUT2D eigenvalue weighted by atomic mass is 79.9. The van der Waals surface area contributed by atoms with E-state index in [9.17, 15) is 4.79 Å². The molecule has 1 saturated carbocycles.